The summed E-state index contributed by atoms with van der Waals surface area (Å²) in [6, 6.07) is 11.3. The van der Waals surface area contributed by atoms with Gasteiger partial charge in [-0.3, -0.25) is 4.98 Å². The smallest absolute Gasteiger partial charge is 0.198 e. The SMILES string of the molecule is Cc1cc(-n2cnc(-c3cc4cc(CCN5CCC[C@H]5C)ccc4nc3C)n2)no1. The van der Waals surface area contributed by atoms with E-state index in [1.54, 1.807) is 11.0 Å². The number of rotatable bonds is 5. The van der Waals surface area contributed by atoms with E-state index in [0.717, 1.165) is 40.9 Å². The molecule has 7 heteroatoms. The van der Waals surface area contributed by atoms with Gasteiger partial charge in [0.15, 0.2) is 11.6 Å². The third kappa shape index (κ3) is 3.61. The minimum absolute atomic E-state index is 0.621. The van der Waals surface area contributed by atoms with Gasteiger partial charge in [-0.15, -0.1) is 5.10 Å². The molecule has 0 unspecified atom stereocenters. The first-order chi connectivity index (χ1) is 14.6. The Bertz CT molecular complexity index is 1190. The summed E-state index contributed by atoms with van der Waals surface area (Å²) in [6.07, 6.45) is 5.35. The summed E-state index contributed by atoms with van der Waals surface area (Å²) in [5.41, 5.74) is 4.19. The van der Waals surface area contributed by atoms with Crippen molar-refractivity contribution in [3.63, 3.8) is 0 Å². The standard InChI is InChI=1S/C23H26N6O/c1-15-5-4-9-28(15)10-8-18-6-7-21-19(12-18)13-20(17(3)25-21)23-24-14-29(26-23)22-11-16(2)30-27-22/h6-7,11-15H,4-5,8-10H2,1-3H3/t15-/m1/s1. The summed E-state index contributed by atoms with van der Waals surface area (Å²) < 4.78 is 6.77. The van der Waals surface area contributed by atoms with Gasteiger partial charge in [0.05, 0.1) is 5.52 Å². The molecular weight excluding hydrogens is 376 g/mol. The summed E-state index contributed by atoms with van der Waals surface area (Å²) in [5.74, 6) is 2.00. The van der Waals surface area contributed by atoms with Gasteiger partial charge in [0, 0.05) is 35.3 Å². The number of pyridine rings is 1. The van der Waals surface area contributed by atoms with Gasteiger partial charge in [-0.1, -0.05) is 11.2 Å². The molecule has 7 nitrogen and oxygen atoms in total. The fourth-order valence-electron chi connectivity index (χ4n) is 4.26. The van der Waals surface area contributed by atoms with Crippen molar-refractivity contribution in [3.05, 3.63) is 53.7 Å². The van der Waals surface area contributed by atoms with Gasteiger partial charge in [-0.2, -0.15) is 4.68 Å². The number of hydrogen-bond acceptors (Lipinski definition) is 6. The maximum Gasteiger partial charge on any atom is 0.198 e. The molecule has 1 aliphatic heterocycles. The molecule has 1 saturated heterocycles. The minimum Gasteiger partial charge on any atom is -0.359 e. The van der Waals surface area contributed by atoms with Gasteiger partial charge in [0.25, 0.3) is 0 Å². The van der Waals surface area contributed by atoms with E-state index in [4.69, 9.17) is 9.51 Å². The topological polar surface area (TPSA) is 72.9 Å². The van der Waals surface area contributed by atoms with Crippen LogP contribution < -0.4 is 0 Å². The van der Waals surface area contributed by atoms with Crippen LogP contribution in [0.5, 0.6) is 0 Å². The van der Waals surface area contributed by atoms with Crippen molar-refractivity contribution in [1.29, 1.82) is 0 Å². The molecule has 4 heterocycles. The lowest BCUT2D eigenvalue weighted by molar-refractivity contribution is 0.272. The van der Waals surface area contributed by atoms with Gasteiger partial charge < -0.3 is 9.42 Å². The zero-order valence-corrected chi connectivity index (χ0v) is 17.7. The van der Waals surface area contributed by atoms with Crippen LogP contribution in [-0.2, 0) is 6.42 Å². The number of hydrogen-bond donors (Lipinski definition) is 0. The van der Waals surface area contributed by atoms with Crippen LogP contribution in [0.15, 0.2) is 41.2 Å². The molecule has 154 valence electrons. The Morgan fingerprint density at radius 1 is 1.17 bits per heavy atom. The van der Waals surface area contributed by atoms with Crippen molar-refractivity contribution < 1.29 is 4.52 Å². The van der Waals surface area contributed by atoms with Crippen LogP contribution in [0.3, 0.4) is 0 Å². The maximum atomic E-state index is 5.14. The number of likely N-dealkylation sites (tertiary alicyclic amines) is 1. The number of aromatic nitrogens is 5. The lowest BCUT2D eigenvalue weighted by atomic mass is 10.0. The molecule has 5 rings (SSSR count). The van der Waals surface area contributed by atoms with Crippen LogP contribution >= 0.6 is 0 Å². The van der Waals surface area contributed by atoms with Crippen LogP contribution in [-0.4, -0.2) is 48.9 Å². The van der Waals surface area contributed by atoms with Gasteiger partial charge in [-0.25, -0.2) is 4.98 Å². The zero-order valence-electron chi connectivity index (χ0n) is 17.7. The number of fused-ring (bicyclic) bond motifs is 1. The molecule has 0 N–H and O–H groups in total. The van der Waals surface area contributed by atoms with E-state index >= 15 is 0 Å². The number of benzene rings is 1. The Balaban J connectivity index is 1.42. The fourth-order valence-corrected chi connectivity index (χ4v) is 4.26. The van der Waals surface area contributed by atoms with E-state index in [1.165, 1.54) is 24.9 Å². The Kier molecular flexibility index (Phi) is 4.83. The molecule has 0 amide bonds. The summed E-state index contributed by atoms with van der Waals surface area (Å²) in [5, 5.41) is 9.71. The van der Waals surface area contributed by atoms with E-state index < -0.39 is 0 Å². The summed E-state index contributed by atoms with van der Waals surface area (Å²) >= 11 is 0. The van der Waals surface area contributed by atoms with Gasteiger partial charge in [0.2, 0.25) is 0 Å². The molecule has 0 bridgehead atoms. The van der Waals surface area contributed by atoms with E-state index in [0.29, 0.717) is 17.7 Å². The summed E-state index contributed by atoms with van der Waals surface area (Å²) in [4.78, 5) is 11.9. The molecule has 30 heavy (non-hydrogen) atoms. The van der Waals surface area contributed by atoms with Crippen molar-refractivity contribution in [2.45, 2.75) is 46.1 Å². The van der Waals surface area contributed by atoms with E-state index in [-0.39, 0.29) is 0 Å². The predicted molar refractivity (Wildman–Crippen MR) is 116 cm³/mol. The van der Waals surface area contributed by atoms with Gasteiger partial charge in [-0.05, 0) is 70.3 Å². The second-order valence-corrected chi connectivity index (χ2v) is 8.23. The highest BCUT2D eigenvalue weighted by Gasteiger charge is 2.19. The molecule has 1 atom stereocenters. The third-order valence-electron chi connectivity index (χ3n) is 6.03. The number of aryl methyl sites for hydroxylation is 2. The Morgan fingerprint density at radius 3 is 2.83 bits per heavy atom. The highest BCUT2D eigenvalue weighted by molar-refractivity contribution is 5.84. The van der Waals surface area contributed by atoms with Crippen LogP contribution in [0.25, 0.3) is 28.1 Å². The third-order valence-corrected chi connectivity index (χ3v) is 6.03. The Hall–Kier alpha value is -3.06. The monoisotopic (exact) mass is 402 g/mol. The van der Waals surface area contributed by atoms with E-state index in [1.807, 2.05) is 19.9 Å². The first kappa shape index (κ1) is 18.9. The quantitative estimate of drug-likeness (QED) is 0.500. The van der Waals surface area contributed by atoms with Gasteiger partial charge >= 0.3 is 0 Å². The predicted octanol–water partition coefficient (Wildman–Crippen LogP) is 4.11. The first-order valence-corrected chi connectivity index (χ1v) is 10.6. The molecule has 0 saturated carbocycles. The van der Waals surface area contributed by atoms with Crippen LogP contribution in [0.2, 0.25) is 0 Å². The second kappa shape index (κ2) is 7.65. The molecule has 1 aliphatic rings. The molecule has 0 radical (unpaired) electrons. The Labute approximate surface area is 175 Å². The van der Waals surface area contributed by atoms with E-state index in [2.05, 4.69) is 51.3 Å². The number of nitrogens with zero attached hydrogens (tertiary/aromatic N) is 6. The average Bonchev–Trinajstić information content (AvgIpc) is 3.47. The molecule has 0 aliphatic carbocycles. The van der Waals surface area contributed by atoms with Gasteiger partial charge in [0.1, 0.15) is 12.1 Å². The maximum absolute atomic E-state index is 5.14. The Morgan fingerprint density at radius 2 is 2.07 bits per heavy atom. The molecule has 1 aromatic carbocycles. The fraction of sp³-hybridized carbons (Fsp3) is 0.391. The lowest BCUT2D eigenvalue weighted by Gasteiger charge is -2.20. The summed E-state index contributed by atoms with van der Waals surface area (Å²) in [7, 11) is 0. The molecule has 1 fully saturated rings. The van der Waals surface area contributed by atoms with Crippen molar-refractivity contribution >= 4 is 10.9 Å². The highest BCUT2D eigenvalue weighted by Crippen LogP contribution is 2.25. The molecular formula is C23H26N6O. The molecule has 0 spiro atoms. The van der Waals surface area contributed by atoms with E-state index in [9.17, 15) is 0 Å². The van der Waals surface area contributed by atoms with Crippen molar-refractivity contribution in [1.82, 2.24) is 29.8 Å². The van der Waals surface area contributed by atoms with Crippen LogP contribution in [0.4, 0.5) is 0 Å². The van der Waals surface area contributed by atoms with Crippen molar-refractivity contribution in [2.24, 2.45) is 0 Å². The minimum atomic E-state index is 0.621. The van der Waals surface area contributed by atoms with Crippen molar-refractivity contribution in [2.75, 3.05) is 13.1 Å². The van der Waals surface area contributed by atoms with Crippen LogP contribution in [0, 0.1) is 13.8 Å². The molecule has 4 aromatic rings. The average molecular weight is 403 g/mol. The normalized spacial score (nSPS) is 17.2. The largest absolute Gasteiger partial charge is 0.359 e. The summed E-state index contributed by atoms with van der Waals surface area (Å²) in [6.45, 7) is 8.52. The van der Waals surface area contributed by atoms with Crippen LogP contribution in [0.1, 0.15) is 36.8 Å². The zero-order chi connectivity index (χ0) is 20.7. The molecule has 3 aromatic heterocycles. The first-order valence-electron chi connectivity index (χ1n) is 10.6. The lowest BCUT2D eigenvalue weighted by Crippen LogP contribution is -2.28. The second-order valence-electron chi connectivity index (χ2n) is 8.23. The highest BCUT2D eigenvalue weighted by atomic mass is 16.5. The van der Waals surface area contributed by atoms with Crippen molar-refractivity contribution in [3.8, 4) is 17.2 Å².